The van der Waals surface area contributed by atoms with E-state index >= 15 is 0 Å². The molecule has 1 fully saturated rings. The zero-order chi connectivity index (χ0) is 17.1. The normalized spacial score (nSPS) is 17.8. The summed E-state index contributed by atoms with van der Waals surface area (Å²) in [5, 5.41) is 2.86. The van der Waals surface area contributed by atoms with Crippen LogP contribution < -0.4 is 10.2 Å². The van der Waals surface area contributed by atoms with Crippen molar-refractivity contribution >= 4 is 23.3 Å². The number of benzene rings is 2. The third-order valence-electron chi connectivity index (χ3n) is 4.29. The van der Waals surface area contributed by atoms with Crippen LogP contribution in [0.5, 0.6) is 0 Å². The van der Waals surface area contributed by atoms with Crippen LogP contribution in [0, 0.1) is 6.92 Å². The fourth-order valence-corrected chi connectivity index (χ4v) is 2.84. The zero-order valence-electron chi connectivity index (χ0n) is 13.9. The molecule has 1 saturated heterocycles. The Morgan fingerprint density at radius 3 is 2.38 bits per heavy atom. The van der Waals surface area contributed by atoms with Crippen molar-refractivity contribution in [2.45, 2.75) is 19.9 Å². The molecule has 0 bridgehead atoms. The molecule has 1 N–H and O–H groups in total. The Morgan fingerprint density at radius 2 is 1.71 bits per heavy atom. The molecule has 0 radical (unpaired) electrons. The zero-order valence-corrected chi connectivity index (χ0v) is 13.9. The van der Waals surface area contributed by atoms with E-state index in [0.717, 1.165) is 16.9 Å². The van der Waals surface area contributed by atoms with Crippen molar-refractivity contribution in [3.63, 3.8) is 0 Å². The third kappa shape index (κ3) is 3.25. The van der Waals surface area contributed by atoms with Gasteiger partial charge in [0.1, 0.15) is 6.04 Å². The number of anilines is 2. The van der Waals surface area contributed by atoms with Gasteiger partial charge in [-0.3, -0.25) is 4.79 Å². The van der Waals surface area contributed by atoms with Crippen molar-refractivity contribution in [3.8, 4) is 0 Å². The Balaban J connectivity index is 1.69. The van der Waals surface area contributed by atoms with E-state index in [1.165, 1.54) is 0 Å². The summed E-state index contributed by atoms with van der Waals surface area (Å²) in [6.45, 7) is 4.76. The quantitative estimate of drug-likeness (QED) is 0.922. The van der Waals surface area contributed by atoms with Gasteiger partial charge >= 0.3 is 6.03 Å². The topological polar surface area (TPSA) is 52.7 Å². The summed E-state index contributed by atoms with van der Waals surface area (Å²) < 4.78 is 0. The maximum absolute atomic E-state index is 12.6. The Hall–Kier alpha value is -2.82. The molecule has 0 spiro atoms. The van der Waals surface area contributed by atoms with Gasteiger partial charge in [-0.2, -0.15) is 0 Å². The Kier molecular flexibility index (Phi) is 4.51. The number of nitrogens with zero attached hydrogens (tertiary/aromatic N) is 2. The van der Waals surface area contributed by atoms with Crippen LogP contribution in [0.2, 0.25) is 0 Å². The first kappa shape index (κ1) is 16.1. The summed E-state index contributed by atoms with van der Waals surface area (Å²) in [4.78, 5) is 28.5. The highest BCUT2D eigenvalue weighted by Crippen LogP contribution is 2.21. The van der Waals surface area contributed by atoms with Gasteiger partial charge in [-0.1, -0.05) is 35.9 Å². The van der Waals surface area contributed by atoms with E-state index in [2.05, 4.69) is 5.32 Å². The van der Waals surface area contributed by atoms with Gasteiger partial charge in [-0.15, -0.1) is 0 Å². The number of para-hydroxylation sites is 1. The summed E-state index contributed by atoms with van der Waals surface area (Å²) >= 11 is 0. The number of carbonyl (C=O) groups is 2. The van der Waals surface area contributed by atoms with E-state index in [0.29, 0.717) is 13.1 Å². The number of carbonyl (C=O) groups excluding carboxylic acids is 2. The van der Waals surface area contributed by atoms with E-state index in [1.807, 2.05) is 61.5 Å². The van der Waals surface area contributed by atoms with E-state index in [4.69, 9.17) is 0 Å². The second-order valence-electron chi connectivity index (χ2n) is 5.99. The fraction of sp³-hybridized carbons (Fsp3) is 0.263. The molecule has 3 rings (SSSR count). The molecule has 2 aromatic carbocycles. The lowest BCUT2D eigenvalue weighted by Crippen LogP contribution is -2.58. The summed E-state index contributed by atoms with van der Waals surface area (Å²) in [6.07, 6.45) is 0. The molecular weight excluding hydrogens is 302 g/mol. The molecule has 5 nitrogen and oxygen atoms in total. The van der Waals surface area contributed by atoms with E-state index in [9.17, 15) is 9.59 Å². The van der Waals surface area contributed by atoms with Crippen molar-refractivity contribution in [1.82, 2.24) is 4.90 Å². The molecule has 0 unspecified atom stereocenters. The standard InChI is InChI=1S/C19H21N3O2/c1-14-8-10-16(11-9-14)20-19(24)21-12-13-22(18(23)15(21)2)17-6-4-3-5-7-17/h3-11,15H,12-13H2,1-2H3,(H,20,24)/t15-/m0/s1. The lowest BCUT2D eigenvalue weighted by molar-refractivity contribution is -0.123. The molecule has 1 aliphatic heterocycles. The molecule has 2 aromatic rings. The Bertz CT molecular complexity index is 728. The van der Waals surface area contributed by atoms with Gasteiger partial charge in [-0.25, -0.2) is 4.79 Å². The molecule has 5 heteroatoms. The number of hydrogen-bond acceptors (Lipinski definition) is 2. The van der Waals surface area contributed by atoms with Gasteiger partial charge in [0.15, 0.2) is 0 Å². The molecule has 3 amide bonds. The molecule has 1 heterocycles. The smallest absolute Gasteiger partial charge is 0.311 e. The summed E-state index contributed by atoms with van der Waals surface area (Å²) in [5.74, 6) is -0.0634. The molecule has 0 aliphatic carbocycles. The van der Waals surface area contributed by atoms with Gasteiger partial charge in [0, 0.05) is 24.5 Å². The number of amides is 3. The minimum absolute atomic E-state index is 0.0634. The molecule has 1 aliphatic rings. The van der Waals surface area contributed by atoms with E-state index < -0.39 is 6.04 Å². The predicted molar refractivity (Wildman–Crippen MR) is 95.2 cm³/mol. The first-order valence-electron chi connectivity index (χ1n) is 8.07. The van der Waals surface area contributed by atoms with Crippen LogP contribution in [0.15, 0.2) is 54.6 Å². The van der Waals surface area contributed by atoms with Crippen LogP contribution >= 0.6 is 0 Å². The summed E-state index contributed by atoms with van der Waals surface area (Å²) in [6, 6.07) is 16.4. The summed E-state index contributed by atoms with van der Waals surface area (Å²) in [5.41, 5.74) is 2.73. The van der Waals surface area contributed by atoms with E-state index in [-0.39, 0.29) is 11.9 Å². The molecule has 0 aromatic heterocycles. The molecule has 1 atom stereocenters. The van der Waals surface area contributed by atoms with Crippen molar-refractivity contribution in [1.29, 1.82) is 0 Å². The minimum atomic E-state index is -0.496. The highest BCUT2D eigenvalue weighted by atomic mass is 16.2. The van der Waals surface area contributed by atoms with Gasteiger partial charge in [0.2, 0.25) is 5.91 Å². The first-order chi connectivity index (χ1) is 11.6. The number of aryl methyl sites for hydroxylation is 1. The van der Waals surface area contributed by atoms with Crippen molar-refractivity contribution < 1.29 is 9.59 Å². The molecule has 24 heavy (non-hydrogen) atoms. The largest absolute Gasteiger partial charge is 0.322 e. The van der Waals surface area contributed by atoms with Crippen LogP contribution in [0.3, 0.4) is 0 Å². The van der Waals surface area contributed by atoms with E-state index in [1.54, 1.807) is 16.7 Å². The predicted octanol–water partition coefficient (Wildman–Crippen LogP) is 3.26. The number of urea groups is 1. The van der Waals surface area contributed by atoms with Crippen molar-refractivity contribution in [2.24, 2.45) is 0 Å². The minimum Gasteiger partial charge on any atom is -0.311 e. The number of piperazine rings is 1. The van der Waals surface area contributed by atoms with Crippen molar-refractivity contribution in [2.75, 3.05) is 23.3 Å². The maximum atomic E-state index is 12.6. The average molecular weight is 323 g/mol. The van der Waals surface area contributed by atoms with Gasteiger partial charge < -0.3 is 15.1 Å². The Labute approximate surface area is 141 Å². The first-order valence-corrected chi connectivity index (χ1v) is 8.07. The fourth-order valence-electron chi connectivity index (χ4n) is 2.84. The van der Waals surface area contributed by atoms with Gasteiger partial charge in [0.05, 0.1) is 0 Å². The second kappa shape index (κ2) is 6.74. The number of hydrogen-bond donors (Lipinski definition) is 1. The highest BCUT2D eigenvalue weighted by Gasteiger charge is 2.34. The number of nitrogens with one attached hydrogen (secondary N) is 1. The highest BCUT2D eigenvalue weighted by molar-refractivity contribution is 6.01. The third-order valence-corrected chi connectivity index (χ3v) is 4.29. The SMILES string of the molecule is Cc1ccc(NC(=O)N2CCN(c3ccccc3)C(=O)[C@@H]2C)cc1. The van der Waals surface area contributed by atoms with Crippen LogP contribution in [0.4, 0.5) is 16.2 Å². The average Bonchev–Trinajstić information content (AvgIpc) is 2.60. The van der Waals surface area contributed by atoms with Crippen molar-refractivity contribution in [3.05, 3.63) is 60.2 Å². The van der Waals surface area contributed by atoms with Crippen LogP contribution in [-0.2, 0) is 4.79 Å². The molecular formula is C19H21N3O2. The molecule has 0 saturated carbocycles. The van der Waals surface area contributed by atoms with Crippen LogP contribution in [0.1, 0.15) is 12.5 Å². The summed E-state index contributed by atoms with van der Waals surface area (Å²) in [7, 11) is 0. The lowest BCUT2D eigenvalue weighted by Gasteiger charge is -2.39. The lowest BCUT2D eigenvalue weighted by atomic mass is 10.1. The van der Waals surface area contributed by atoms with Crippen LogP contribution in [-0.4, -0.2) is 36.0 Å². The second-order valence-corrected chi connectivity index (χ2v) is 5.99. The van der Waals surface area contributed by atoms with Crippen LogP contribution in [0.25, 0.3) is 0 Å². The van der Waals surface area contributed by atoms with Gasteiger partial charge in [0.25, 0.3) is 0 Å². The Morgan fingerprint density at radius 1 is 1.04 bits per heavy atom. The number of rotatable bonds is 2. The monoisotopic (exact) mass is 323 g/mol. The maximum Gasteiger partial charge on any atom is 0.322 e. The van der Waals surface area contributed by atoms with Gasteiger partial charge in [-0.05, 0) is 38.1 Å². The molecule has 124 valence electrons.